The first-order valence-electron chi connectivity index (χ1n) is 9.82. The standard InChI is InChI=1S/C23H19F3N4O2/c1-14(15-8-4-2-5-9-15)27-18(31)13-32-19-12-17(23(24,25)26)20-21(29-30-22(20)28-19)16-10-6-3-7-11-16/h2-12,14H,13H2,1H3,(H,27,31)(H,28,29,30)/t14-/m0/s1. The zero-order valence-corrected chi connectivity index (χ0v) is 17.0. The normalized spacial score (nSPS) is 12.5. The van der Waals surface area contributed by atoms with Crippen molar-refractivity contribution in [2.45, 2.75) is 19.1 Å². The number of ether oxygens (including phenoxy) is 1. The summed E-state index contributed by atoms with van der Waals surface area (Å²) in [6.45, 7) is 1.32. The Bertz CT molecular complexity index is 1220. The number of hydrogen-bond acceptors (Lipinski definition) is 4. The molecule has 0 fully saturated rings. The van der Waals surface area contributed by atoms with Gasteiger partial charge in [0.15, 0.2) is 12.3 Å². The third kappa shape index (κ3) is 4.56. The maximum Gasteiger partial charge on any atom is 0.417 e. The van der Waals surface area contributed by atoms with Crippen molar-refractivity contribution in [3.05, 3.63) is 77.9 Å². The van der Waals surface area contributed by atoms with Crippen molar-refractivity contribution < 1.29 is 22.7 Å². The van der Waals surface area contributed by atoms with Crippen LogP contribution in [0.5, 0.6) is 5.88 Å². The van der Waals surface area contributed by atoms with E-state index >= 15 is 0 Å². The molecular formula is C23H19F3N4O2. The Balaban J connectivity index is 1.57. The first kappa shape index (κ1) is 21.4. The first-order chi connectivity index (χ1) is 15.3. The van der Waals surface area contributed by atoms with Crippen molar-refractivity contribution in [3.63, 3.8) is 0 Å². The van der Waals surface area contributed by atoms with Gasteiger partial charge in [0.05, 0.1) is 17.0 Å². The number of hydrogen-bond donors (Lipinski definition) is 2. The van der Waals surface area contributed by atoms with Gasteiger partial charge < -0.3 is 10.1 Å². The maximum absolute atomic E-state index is 13.8. The van der Waals surface area contributed by atoms with Crippen molar-refractivity contribution in [2.24, 2.45) is 0 Å². The summed E-state index contributed by atoms with van der Waals surface area (Å²) in [6.07, 6.45) is -4.67. The molecule has 2 heterocycles. The van der Waals surface area contributed by atoms with Crippen LogP contribution in [0.1, 0.15) is 24.1 Å². The average Bonchev–Trinajstić information content (AvgIpc) is 3.21. The third-order valence-electron chi connectivity index (χ3n) is 4.89. The number of nitrogens with one attached hydrogen (secondary N) is 2. The molecule has 6 nitrogen and oxygen atoms in total. The zero-order valence-electron chi connectivity index (χ0n) is 17.0. The van der Waals surface area contributed by atoms with E-state index in [1.54, 1.807) is 37.3 Å². The van der Waals surface area contributed by atoms with E-state index in [-0.39, 0.29) is 28.6 Å². The Morgan fingerprint density at radius 1 is 1.09 bits per heavy atom. The number of benzene rings is 2. The van der Waals surface area contributed by atoms with Crippen LogP contribution in [0.2, 0.25) is 0 Å². The summed E-state index contributed by atoms with van der Waals surface area (Å²) in [4.78, 5) is 16.3. The molecule has 4 rings (SSSR count). The topological polar surface area (TPSA) is 79.9 Å². The van der Waals surface area contributed by atoms with Gasteiger partial charge in [-0.25, -0.2) is 0 Å². The predicted molar refractivity (Wildman–Crippen MR) is 113 cm³/mol. The minimum atomic E-state index is -4.67. The van der Waals surface area contributed by atoms with Gasteiger partial charge in [0.25, 0.3) is 5.91 Å². The molecule has 0 spiro atoms. The molecule has 4 aromatic rings. The number of H-pyrrole nitrogens is 1. The van der Waals surface area contributed by atoms with Gasteiger partial charge >= 0.3 is 6.18 Å². The van der Waals surface area contributed by atoms with Gasteiger partial charge in [0.2, 0.25) is 5.88 Å². The number of nitrogens with zero attached hydrogens (tertiary/aromatic N) is 2. The molecule has 2 N–H and O–H groups in total. The second-order valence-corrected chi connectivity index (χ2v) is 7.16. The van der Waals surface area contributed by atoms with Crippen LogP contribution in [0, 0.1) is 0 Å². The number of rotatable bonds is 6. The quantitative estimate of drug-likeness (QED) is 0.447. The maximum atomic E-state index is 13.8. The van der Waals surface area contributed by atoms with Crippen LogP contribution >= 0.6 is 0 Å². The Hall–Kier alpha value is -3.88. The molecule has 0 aliphatic heterocycles. The largest absolute Gasteiger partial charge is 0.467 e. The smallest absolute Gasteiger partial charge is 0.417 e. The van der Waals surface area contributed by atoms with Gasteiger partial charge in [0.1, 0.15) is 5.69 Å². The zero-order chi connectivity index (χ0) is 22.7. The van der Waals surface area contributed by atoms with Gasteiger partial charge in [-0.05, 0) is 12.5 Å². The van der Waals surface area contributed by atoms with Crippen molar-refractivity contribution in [3.8, 4) is 17.1 Å². The monoisotopic (exact) mass is 440 g/mol. The lowest BCUT2D eigenvalue weighted by atomic mass is 10.1. The minimum Gasteiger partial charge on any atom is -0.467 e. The second-order valence-electron chi connectivity index (χ2n) is 7.16. The number of carbonyl (C=O) groups excluding carboxylic acids is 1. The molecule has 0 aliphatic carbocycles. The molecule has 0 aliphatic rings. The Kier molecular flexibility index (Phi) is 5.81. The molecule has 0 radical (unpaired) electrons. The number of pyridine rings is 1. The number of alkyl halides is 3. The van der Waals surface area contributed by atoms with E-state index in [0.29, 0.717) is 5.56 Å². The van der Waals surface area contributed by atoms with Crippen LogP contribution in [0.15, 0.2) is 66.7 Å². The fourth-order valence-corrected chi connectivity index (χ4v) is 3.36. The number of amides is 1. The predicted octanol–water partition coefficient (Wildman–Crippen LogP) is 4.90. The van der Waals surface area contributed by atoms with E-state index < -0.39 is 24.3 Å². The molecule has 1 amide bonds. The van der Waals surface area contributed by atoms with E-state index in [0.717, 1.165) is 11.6 Å². The molecule has 0 saturated carbocycles. The minimum absolute atomic E-state index is 0.0771. The summed E-state index contributed by atoms with van der Waals surface area (Å²) < 4.78 is 46.8. The number of aromatic amines is 1. The highest BCUT2D eigenvalue weighted by atomic mass is 19.4. The molecule has 32 heavy (non-hydrogen) atoms. The number of halogens is 3. The summed E-state index contributed by atoms with van der Waals surface area (Å²) in [5.41, 5.74) is 0.538. The molecule has 164 valence electrons. The van der Waals surface area contributed by atoms with Gasteiger partial charge in [-0.15, -0.1) is 0 Å². The summed E-state index contributed by atoms with van der Waals surface area (Å²) >= 11 is 0. The van der Waals surface area contributed by atoms with Gasteiger partial charge in [0, 0.05) is 11.6 Å². The molecule has 2 aromatic heterocycles. The highest BCUT2D eigenvalue weighted by Crippen LogP contribution is 2.39. The molecule has 9 heteroatoms. The Labute approximate surface area is 181 Å². The van der Waals surface area contributed by atoms with Crippen molar-refractivity contribution in [2.75, 3.05) is 6.61 Å². The van der Waals surface area contributed by atoms with Crippen molar-refractivity contribution >= 4 is 16.9 Å². The number of fused-ring (bicyclic) bond motifs is 1. The molecule has 1 atom stereocenters. The van der Waals surface area contributed by atoms with E-state index in [1.807, 2.05) is 30.3 Å². The summed E-state index contributed by atoms with van der Waals surface area (Å²) in [5, 5.41) is 9.15. The van der Waals surface area contributed by atoms with Crippen LogP contribution in [-0.4, -0.2) is 27.7 Å². The van der Waals surface area contributed by atoms with Gasteiger partial charge in [-0.1, -0.05) is 60.7 Å². The number of carbonyl (C=O) groups is 1. The summed E-state index contributed by atoms with van der Waals surface area (Å²) in [7, 11) is 0. The fourth-order valence-electron chi connectivity index (χ4n) is 3.36. The van der Waals surface area contributed by atoms with Gasteiger partial charge in [-0.2, -0.15) is 23.3 Å². The number of aromatic nitrogens is 3. The lowest BCUT2D eigenvalue weighted by Crippen LogP contribution is -2.31. The van der Waals surface area contributed by atoms with E-state index in [2.05, 4.69) is 20.5 Å². The lowest BCUT2D eigenvalue weighted by molar-refractivity contribution is -0.136. The Morgan fingerprint density at radius 2 is 1.75 bits per heavy atom. The highest BCUT2D eigenvalue weighted by molar-refractivity contribution is 5.94. The summed E-state index contributed by atoms with van der Waals surface area (Å²) in [6, 6.07) is 18.3. The molecular weight excluding hydrogens is 421 g/mol. The van der Waals surface area contributed by atoms with E-state index in [1.165, 1.54) is 0 Å². The molecule has 0 bridgehead atoms. The lowest BCUT2D eigenvalue weighted by Gasteiger charge is -2.15. The van der Waals surface area contributed by atoms with Crippen LogP contribution in [0.25, 0.3) is 22.3 Å². The van der Waals surface area contributed by atoms with Crippen LogP contribution < -0.4 is 10.1 Å². The molecule has 0 unspecified atom stereocenters. The van der Waals surface area contributed by atoms with Crippen LogP contribution in [0.4, 0.5) is 13.2 Å². The molecule has 2 aromatic carbocycles. The average molecular weight is 440 g/mol. The third-order valence-corrected chi connectivity index (χ3v) is 4.89. The SMILES string of the molecule is C[C@H](NC(=O)COc1cc(C(F)(F)F)c2c(-c3ccccc3)n[nH]c2n1)c1ccccc1. The van der Waals surface area contributed by atoms with Gasteiger partial charge in [-0.3, -0.25) is 9.89 Å². The van der Waals surface area contributed by atoms with E-state index in [4.69, 9.17) is 4.74 Å². The van der Waals surface area contributed by atoms with Crippen molar-refractivity contribution in [1.82, 2.24) is 20.5 Å². The highest BCUT2D eigenvalue weighted by Gasteiger charge is 2.36. The van der Waals surface area contributed by atoms with Crippen LogP contribution in [-0.2, 0) is 11.0 Å². The summed E-state index contributed by atoms with van der Waals surface area (Å²) in [5.74, 6) is -0.804. The first-order valence-corrected chi connectivity index (χ1v) is 9.82. The second kappa shape index (κ2) is 8.70. The van der Waals surface area contributed by atoms with E-state index in [9.17, 15) is 18.0 Å². The molecule has 0 saturated heterocycles. The fraction of sp³-hybridized carbons (Fsp3) is 0.174. The van der Waals surface area contributed by atoms with Crippen molar-refractivity contribution in [1.29, 1.82) is 0 Å². The van der Waals surface area contributed by atoms with Crippen LogP contribution in [0.3, 0.4) is 0 Å². The Morgan fingerprint density at radius 3 is 2.41 bits per heavy atom.